The van der Waals surface area contributed by atoms with E-state index < -0.39 is 0 Å². The van der Waals surface area contributed by atoms with Crippen molar-refractivity contribution in [2.24, 2.45) is 0 Å². The van der Waals surface area contributed by atoms with Crippen LogP contribution in [0.25, 0.3) is 0 Å². The summed E-state index contributed by atoms with van der Waals surface area (Å²) >= 11 is 0. The maximum Gasteiger partial charge on any atom is 0.307 e. The molecule has 0 aliphatic carbocycles. The Bertz CT molecular complexity index is 373. The second-order valence-electron chi connectivity index (χ2n) is 5.37. The zero-order valence-electron chi connectivity index (χ0n) is 11.7. The highest BCUT2D eigenvalue weighted by atomic mass is 16.5. The maximum atomic E-state index is 11.2. The van der Waals surface area contributed by atoms with Crippen LogP contribution in [0.2, 0.25) is 0 Å². The minimum absolute atomic E-state index is 0.0468. The smallest absolute Gasteiger partial charge is 0.307 e. The van der Waals surface area contributed by atoms with Gasteiger partial charge in [0.2, 0.25) is 0 Å². The van der Waals surface area contributed by atoms with Gasteiger partial charge in [0.05, 0.1) is 13.5 Å². The van der Waals surface area contributed by atoms with Crippen molar-refractivity contribution in [3.05, 3.63) is 35.9 Å². The fourth-order valence-electron chi connectivity index (χ4n) is 2.21. The van der Waals surface area contributed by atoms with Crippen LogP contribution in [0.5, 0.6) is 0 Å². The number of nitrogens with one attached hydrogen (secondary N) is 1. The van der Waals surface area contributed by atoms with Gasteiger partial charge in [-0.05, 0) is 32.8 Å². The third kappa shape index (κ3) is 5.32. The first kappa shape index (κ1) is 14.7. The SMILES string of the molecule is COC(=O)CC(C)NC(C)(C)Cc1ccccc1. The summed E-state index contributed by atoms with van der Waals surface area (Å²) in [5.41, 5.74) is 1.25. The van der Waals surface area contributed by atoms with Crippen LogP contribution in [-0.2, 0) is 16.0 Å². The highest BCUT2D eigenvalue weighted by Crippen LogP contribution is 2.14. The molecule has 0 aliphatic rings. The molecular formula is C15H23NO2. The second-order valence-corrected chi connectivity index (χ2v) is 5.37. The van der Waals surface area contributed by atoms with Crippen LogP contribution >= 0.6 is 0 Å². The molecule has 3 heteroatoms. The topological polar surface area (TPSA) is 38.3 Å². The average Bonchev–Trinajstić information content (AvgIpc) is 2.28. The molecule has 3 nitrogen and oxygen atoms in total. The highest BCUT2D eigenvalue weighted by molar-refractivity contribution is 5.69. The van der Waals surface area contributed by atoms with Gasteiger partial charge in [-0.1, -0.05) is 30.3 Å². The molecule has 0 bridgehead atoms. The molecule has 1 unspecified atom stereocenters. The molecule has 0 radical (unpaired) electrons. The highest BCUT2D eigenvalue weighted by Gasteiger charge is 2.21. The van der Waals surface area contributed by atoms with E-state index in [1.165, 1.54) is 12.7 Å². The fourth-order valence-corrected chi connectivity index (χ4v) is 2.21. The largest absolute Gasteiger partial charge is 0.469 e. The van der Waals surface area contributed by atoms with Gasteiger partial charge in [-0.2, -0.15) is 0 Å². The van der Waals surface area contributed by atoms with Crippen LogP contribution < -0.4 is 5.32 Å². The van der Waals surface area contributed by atoms with Crippen molar-refractivity contribution in [3.63, 3.8) is 0 Å². The van der Waals surface area contributed by atoms with Gasteiger partial charge in [0.25, 0.3) is 0 Å². The number of methoxy groups -OCH3 is 1. The van der Waals surface area contributed by atoms with E-state index in [4.69, 9.17) is 0 Å². The number of hydrogen-bond donors (Lipinski definition) is 1. The van der Waals surface area contributed by atoms with E-state index in [2.05, 4.69) is 36.0 Å². The van der Waals surface area contributed by atoms with Crippen molar-refractivity contribution in [2.75, 3.05) is 7.11 Å². The molecule has 0 aliphatic heterocycles. The number of carbonyl (C=O) groups excluding carboxylic acids is 1. The lowest BCUT2D eigenvalue weighted by Gasteiger charge is -2.30. The van der Waals surface area contributed by atoms with Crippen LogP contribution in [-0.4, -0.2) is 24.7 Å². The molecule has 0 fully saturated rings. The Labute approximate surface area is 110 Å². The summed E-state index contributed by atoms with van der Waals surface area (Å²) in [6.07, 6.45) is 1.33. The minimum Gasteiger partial charge on any atom is -0.469 e. The van der Waals surface area contributed by atoms with Gasteiger partial charge < -0.3 is 10.1 Å². The van der Waals surface area contributed by atoms with Gasteiger partial charge in [-0.3, -0.25) is 4.79 Å². The normalized spacial score (nSPS) is 13.1. The maximum absolute atomic E-state index is 11.2. The van der Waals surface area contributed by atoms with Crippen molar-refractivity contribution in [1.82, 2.24) is 5.32 Å². The molecule has 1 rings (SSSR count). The average molecular weight is 249 g/mol. The van der Waals surface area contributed by atoms with E-state index >= 15 is 0 Å². The Hall–Kier alpha value is -1.35. The van der Waals surface area contributed by atoms with Gasteiger partial charge >= 0.3 is 5.97 Å². The van der Waals surface area contributed by atoms with Crippen molar-refractivity contribution >= 4 is 5.97 Å². The van der Waals surface area contributed by atoms with Crippen LogP contribution in [0.4, 0.5) is 0 Å². The molecular weight excluding hydrogens is 226 g/mol. The fraction of sp³-hybridized carbons (Fsp3) is 0.533. The third-order valence-corrected chi connectivity index (χ3v) is 2.83. The van der Waals surface area contributed by atoms with E-state index in [9.17, 15) is 4.79 Å². The van der Waals surface area contributed by atoms with Crippen LogP contribution in [0.1, 0.15) is 32.8 Å². The second kappa shape index (κ2) is 6.55. The Kier molecular flexibility index (Phi) is 5.35. The number of esters is 1. The molecule has 0 saturated heterocycles. The molecule has 1 atom stereocenters. The van der Waals surface area contributed by atoms with Crippen molar-refractivity contribution in [3.8, 4) is 0 Å². The molecule has 0 spiro atoms. The monoisotopic (exact) mass is 249 g/mol. The Morgan fingerprint density at radius 1 is 1.33 bits per heavy atom. The van der Waals surface area contributed by atoms with Gasteiger partial charge in [0.15, 0.2) is 0 Å². The lowest BCUT2D eigenvalue weighted by Crippen LogP contribution is -2.47. The molecule has 0 amide bonds. The Balaban J connectivity index is 2.51. The summed E-state index contributed by atoms with van der Waals surface area (Å²) in [4.78, 5) is 11.2. The van der Waals surface area contributed by atoms with Gasteiger partial charge in [-0.25, -0.2) is 0 Å². The Morgan fingerprint density at radius 3 is 2.50 bits per heavy atom. The summed E-state index contributed by atoms with van der Waals surface area (Å²) < 4.78 is 4.67. The number of benzene rings is 1. The van der Waals surface area contributed by atoms with Crippen LogP contribution in [0, 0.1) is 0 Å². The minimum atomic E-state index is -0.175. The van der Waals surface area contributed by atoms with Gasteiger partial charge in [0, 0.05) is 11.6 Å². The van der Waals surface area contributed by atoms with E-state index in [0.717, 1.165) is 6.42 Å². The number of carbonyl (C=O) groups is 1. The molecule has 0 saturated carbocycles. The van der Waals surface area contributed by atoms with Crippen molar-refractivity contribution in [2.45, 2.75) is 45.2 Å². The van der Waals surface area contributed by atoms with Gasteiger partial charge in [-0.15, -0.1) is 0 Å². The summed E-state index contributed by atoms with van der Waals surface area (Å²) in [5, 5.41) is 3.47. The molecule has 0 heterocycles. The number of hydrogen-bond acceptors (Lipinski definition) is 3. The summed E-state index contributed by atoms with van der Waals surface area (Å²) in [6.45, 7) is 6.30. The predicted octanol–water partition coefficient (Wildman–Crippen LogP) is 2.55. The third-order valence-electron chi connectivity index (χ3n) is 2.83. The summed E-state index contributed by atoms with van der Waals surface area (Å²) in [7, 11) is 1.42. The van der Waals surface area contributed by atoms with Crippen molar-refractivity contribution < 1.29 is 9.53 Å². The Morgan fingerprint density at radius 2 is 1.94 bits per heavy atom. The molecule has 0 aromatic heterocycles. The van der Waals surface area contributed by atoms with Crippen LogP contribution in [0.3, 0.4) is 0 Å². The first-order valence-corrected chi connectivity index (χ1v) is 6.31. The molecule has 1 N–H and O–H groups in total. The zero-order chi connectivity index (χ0) is 13.6. The van der Waals surface area contributed by atoms with E-state index in [0.29, 0.717) is 6.42 Å². The first-order valence-electron chi connectivity index (χ1n) is 6.31. The lowest BCUT2D eigenvalue weighted by atomic mass is 9.94. The van der Waals surface area contributed by atoms with Gasteiger partial charge in [0.1, 0.15) is 0 Å². The lowest BCUT2D eigenvalue weighted by molar-refractivity contribution is -0.141. The predicted molar refractivity (Wildman–Crippen MR) is 73.5 cm³/mol. The van der Waals surface area contributed by atoms with E-state index in [1.54, 1.807) is 0 Å². The van der Waals surface area contributed by atoms with Crippen LogP contribution in [0.15, 0.2) is 30.3 Å². The standard InChI is InChI=1S/C15H23NO2/c1-12(10-14(17)18-4)16-15(2,3)11-13-8-6-5-7-9-13/h5-9,12,16H,10-11H2,1-4H3. The summed E-state index contributed by atoms with van der Waals surface area (Å²) in [6, 6.07) is 10.5. The molecule has 18 heavy (non-hydrogen) atoms. The quantitative estimate of drug-likeness (QED) is 0.787. The number of rotatable bonds is 6. The molecule has 100 valence electrons. The van der Waals surface area contributed by atoms with E-state index in [-0.39, 0.29) is 17.6 Å². The molecule has 1 aromatic rings. The first-order chi connectivity index (χ1) is 8.43. The number of ether oxygens (including phenoxy) is 1. The zero-order valence-corrected chi connectivity index (χ0v) is 11.7. The van der Waals surface area contributed by atoms with E-state index in [1.807, 2.05) is 25.1 Å². The van der Waals surface area contributed by atoms with Crippen molar-refractivity contribution in [1.29, 1.82) is 0 Å². The summed E-state index contributed by atoms with van der Waals surface area (Å²) in [5.74, 6) is -0.175. The molecule has 1 aromatic carbocycles.